The van der Waals surface area contributed by atoms with Gasteiger partial charge in [-0.1, -0.05) is 0 Å². The zero-order valence-electron chi connectivity index (χ0n) is 9.77. The number of phenolic OH excluding ortho intramolecular Hbond substituents is 1. The summed E-state index contributed by atoms with van der Waals surface area (Å²) in [6.07, 6.45) is -0.548. The molecule has 0 bridgehead atoms. The van der Waals surface area contributed by atoms with Crippen LogP contribution in [0.2, 0.25) is 0 Å². The number of β-amino-alcohol motifs (C(OH)–C–C–N with tert-alkyl or cyclic N) is 1. The van der Waals surface area contributed by atoms with Crippen LogP contribution < -0.4 is 4.74 Å². The molecule has 0 fully saturated rings. The molecule has 0 aliphatic carbocycles. The lowest BCUT2D eigenvalue weighted by Crippen LogP contribution is -2.33. The number of rotatable bonds is 1. The molecule has 1 aromatic rings. The van der Waals surface area contributed by atoms with Gasteiger partial charge < -0.3 is 14.9 Å². The van der Waals surface area contributed by atoms with Crippen LogP contribution in [0, 0.1) is 0 Å². The summed E-state index contributed by atoms with van der Waals surface area (Å²) in [7, 11) is 3.49. The van der Waals surface area contributed by atoms with Gasteiger partial charge in [0.25, 0.3) is 0 Å². The monoisotopic (exact) mass is 223 g/mol. The van der Waals surface area contributed by atoms with Gasteiger partial charge in [-0.15, -0.1) is 0 Å². The fourth-order valence-corrected chi connectivity index (χ4v) is 2.18. The number of likely N-dealkylation sites (N-methyl/N-ethyl adjacent to an activating group) is 1. The van der Waals surface area contributed by atoms with Crippen molar-refractivity contribution in [3.05, 3.63) is 23.3 Å². The van der Waals surface area contributed by atoms with Crippen molar-refractivity contribution in [2.24, 2.45) is 0 Å². The number of ether oxygens (including phenoxy) is 1. The van der Waals surface area contributed by atoms with Crippen LogP contribution in [0.3, 0.4) is 0 Å². The Kier molecular flexibility index (Phi) is 2.78. The van der Waals surface area contributed by atoms with Crippen molar-refractivity contribution in [1.29, 1.82) is 0 Å². The summed E-state index contributed by atoms with van der Waals surface area (Å²) in [5, 5.41) is 19.6. The summed E-state index contributed by atoms with van der Waals surface area (Å²) in [4.78, 5) is 2.07. The lowest BCUT2D eigenvalue weighted by Gasteiger charge is -2.35. The van der Waals surface area contributed by atoms with E-state index in [1.54, 1.807) is 12.1 Å². The van der Waals surface area contributed by atoms with E-state index in [4.69, 9.17) is 4.74 Å². The highest BCUT2D eigenvalue weighted by atomic mass is 16.5. The van der Waals surface area contributed by atoms with Crippen molar-refractivity contribution >= 4 is 0 Å². The average molecular weight is 223 g/mol. The van der Waals surface area contributed by atoms with Gasteiger partial charge in [0.15, 0.2) is 11.5 Å². The fraction of sp³-hybridized carbons (Fsp3) is 0.500. The summed E-state index contributed by atoms with van der Waals surface area (Å²) in [5.41, 5.74) is 1.81. The van der Waals surface area contributed by atoms with Crippen molar-refractivity contribution in [3.63, 3.8) is 0 Å². The van der Waals surface area contributed by atoms with E-state index in [0.717, 1.165) is 11.1 Å². The number of benzene rings is 1. The van der Waals surface area contributed by atoms with Gasteiger partial charge in [-0.05, 0) is 37.2 Å². The Balaban J connectivity index is 2.54. The summed E-state index contributed by atoms with van der Waals surface area (Å²) in [6, 6.07) is 3.61. The Morgan fingerprint density at radius 2 is 2.06 bits per heavy atom. The molecule has 1 aliphatic rings. The molecule has 1 aromatic carbocycles. The molecule has 16 heavy (non-hydrogen) atoms. The van der Waals surface area contributed by atoms with Crippen LogP contribution in [-0.4, -0.2) is 35.8 Å². The number of fused-ring (bicyclic) bond motifs is 1. The van der Waals surface area contributed by atoms with E-state index in [2.05, 4.69) is 11.8 Å². The largest absolute Gasteiger partial charge is 0.504 e. The topological polar surface area (TPSA) is 52.9 Å². The maximum absolute atomic E-state index is 9.94. The Hall–Kier alpha value is -1.26. The van der Waals surface area contributed by atoms with Gasteiger partial charge in [-0.2, -0.15) is 0 Å². The van der Waals surface area contributed by atoms with E-state index >= 15 is 0 Å². The zero-order valence-corrected chi connectivity index (χ0v) is 9.77. The van der Waals surface area contributed by atoms with Gasteiger partial charge in [0.05, 0.1) is 13.2 Å². The first kappa shape index (κ1) is 11.2. The molecular formula is C12H17NO3. The second kappa shape index (κ2) is 3.96. The molecule has 0 spiro atoms. The molecule has 0 amide bonds. The molecule has 0 radical (unpaired) electrons. The van der Waals surface area contributed by atoms with Crippen LogP contribution in [0.4, 0.5) is 0 Å². The molecule has 1 heterocycles. The molecule has 2 N–H and O–H groups in total. The maximum Gasteiger partial charge on any atom is 0.160 e. The highest BCUT2D eigenvalue weighted by Crippen LogP contribution is 2.39. The highest BCUT2D eigenvalue weighted by molar-refractivity contribution is 5.49. The number of phenols is 1. The van der Waals surface area contributed by atoms with Gasteiger partial charge >= 0.3 is 0 Å². The number of aromatic hydroxyl groups is 1. The molecular weight excluding hydrogens is 206 g/mol. The fourth-order valence-electron chi connectivity index (χ4n) is 2.18. The number of methoxy groups -OCH3 is 1. The lowest BCUT2D eigenvalue weighted by atomic mass is 9.91. The first-order valence-electron chi connectivity index (χ1n) is 5.33. The molecule has 1 aliphatic heterocycles. The quantitative estimate of drug-likeness (QED) is 0.756. The van der Waals surface area contributed by atoms with Crippen LogP contribution in [0.25, 0.3) is 0 Å². The van der Waals surface area contributed by atoms with Gasteiger partial charge in [0, 0.05) is 12.6 Å². The van der Waals surface area contributed by atoms with E-state index in [1.165, 1.54) is 7.11 Å². The standard InChI is InChI=1S/C12H17NO3/c1-7-8-5-12(16-3)10(14)4-9(8)11(15)6-13(7)2/h4-5,7,11,14-15H,6H2,1-3H3/t7-,11+/m0/s1. The molecule has 0 unspecified atom stereocenters. The lowest BCUT2D eigenvalue weighted by molar-refractivity contribution is 0.0885. The van der Waals surface area contributed by atoms with E-state index < -0.39 is 6.10 Å². The summed E-state index contributed by atoms with van der Waals surface area (Å²) in [6.45, 7) is 2.65. The third kappa shape index (κ3) is 1.64. The Bertz CT molecular complexity index is 405. The molecule has 0 saturated carbocycles. The minimum atomic E-state index is -0.548. The molecule has 0 aromatic heterocycles. The van der Waals surface area contributed by atoms with Crippen molar-refractivity contribution in [1.82, 2.24) is 4.90 Å². The minimum Gasteiger partial charge on any atom is -0.504 e. The Morgan fingerprint density at radius 1 is 1.38 bits per heavy atom. The normalized spacial score (nSPS) is 25.2. The molecule has 4 heteroatoms. The van der Waals surface area contributed by atoms with Crippen molar-refractivity contribution in [2.45, 2.75) is 19.1 Å². The van der Waals surface area contributed by atoms with Gasteiger partial charge in [0.2, 0.25) is 0 Å². The van der Waals surface area contributed by atoms with Crippen molar-refractivity contribution in [3.8, 4) is 11.5 Å². The molecule has 88 valence electrons. The molecule has 4 nitrogen and oxygen atoms in total. The number of nitrogens with zero attached hydrogens (tertiary/aromatic N) is 1. The smallest absolute Gasteiger partial charge is 0.160 e. The summed E-state index contributed by atoms with van der Waals surface area (Å²) >= 11 is 0. The van der Waals surface area contributed by atoms with E-state index in [-0.39, 0.29) is 11.8 Å². The van der Waals surface area contributed by atoms with E-state index in [0.29, 0.717) is 12.3 Å². The second-order valence-corrected chi connectivity index (χ2v) is 4.28. The Labute approximate surface area is 95.1 Å². The molecule has 2 rings (SSSR count). The first-order valence-corrected chi connectivity index (χ1v) is 5.33. The van der Waals surface area contributed by atoms with Gasteiger partial charge in [-0.25, -0.2) is 0 Å². The third-order valence-corrected chi connectivity index (χ3v) is 3.32. The maximum atomic E-state index is 9.94. The van der Waals surface area contributed by atoms with Gasteiger partial charge in [-0.3, -0.25) is 4.90 Å². The van der Waals surface area contributed by atoms with Gasteiger partial charge in [0.1, 0.15) is 0 Å². The van der Waals surface area contributed by atoms with E-state index in [9.17, 15) is 10.2 Å². The predicted octanol–water partition coefficient (Wildman–Crippen LogP) is 1.44. The zero-order chi connectivity index (χ0) is 11.9. The predicted molar refractivity (Wildman–Crippen MR) is 60.7 cm³/mol. The summed E-state index contributed by atoms with van der Waals surface area (Å²) < 4.78 is 5.08. The average Bonchev–Trinajstić information content (AvgIpc) is 2.25. The number of hydrogen-bond acceptors (Lipinski definition) is 4. The number of aliphatic hydroxyl groups excluding tert-OH is 1. The van der Waals surface area contributed by atoms with Crippen molar-refractivity contribution in [2.75, 3.05) is 20.7 Å². The third-order valence-electron chi connectivity index (χ3n) is 3.32. The molecule has 0 saturated heterocycles. The van der Waals surface area contributed by atoms with Crippen LogP contribution >= 0.6 is 0 Å². The van der Waals surface area contributed by atoms with Crippen molar-refractivity contribution < 1.29 is 14.9 Å². The minimum absolute atomic E-state index is 0.0806. The van der Waals surface area contributed by atoms with Crippen LogP contribution in [-0.2, 0) is 0 Å². The number of hydrogen-bond donors (Lipinski definition) is 2. The SMILES string of the molecule is COc1cc2c(cc1O)[C@H](O)CN(C)[C@H]2C. The first-order chi connectivity index (χ1) is 7.54. The van der Waals surface area contributed by atoms with Crippen LogP contribution in [0.1, 0.15) is 30.2 Å². The second-order valence-electron chi connectivity index (χ2n) is 4.28. The van der Waals surface area contributed by atoms with Crippen LogP contribution in [0.15, 0.2) is 12.1 Å². The highest BCUT2D eigenvalue weighted by Gasteiger charge is 2.28. The number of aliphatic hydroxyl groups is 1. The Morgan fingerprint density at radius 3 is 2.69 bits per heavy atom. The van der Waals surface area contributed by atoms with E-state index in [1.807, 2.05) is 7.05 Å². The van der Waals surface area contributed by atoms with Crippen LogP contribution in [0.5, 0.6) is 11.5 Å². The summed E-state index contributed by atoms with van der Waals surface area (Å²) in [5.74, 6) is 0.533. The molecule has 2 atom stereocenters.